The van der Waals surface area contributed by atoms with Crippen LogP contribution in [0.1, 0.15) is 18.9 Å². The van der Waals surface area contributed by atoms with Crippen molar-refractivity contribution in [3.63, 3.8) is 0 Å². The fourth-order valence-corrected chi connectivity index (χ4v) is 1.58. The Morgan fingerprint density at radius 1 is 1.67 bits per heavy atom. The first-order chi connectivity index (χ1) is 5.83. The molecule has 0 spiro atoms. The second-order valence-electron chi connectivity index (χ2n) is 2.61. The molecule has 0 radical (unpaired) electrons. The smallest absolute Gasteiger partial charge is 0.0934 e. The lowest BCUT2D eigenvalue weighted by atomic mass is 10.2. The van der Waals surface area contributed by atoms with Gasteiger partial charge in [0.05, 0.1) is 5.84 Å². The molecular weight excluding hydrogens is 168 g/mol. The largest absolute Gasteiger partial charge is 0.387 e. The van der Waals surface area contributed by atoms with E-state index in [0.717, 1.165) is 25.2 Å². The van der Waals surface area contributed by atoms with Gasteiger partial charge in [-0.15, -0.1) is 0 Å². The molecule has 1 rings (SSSR count). The van der Waals surface area contributed by atoms with Crippen molar-refractivity contribution in [2.75, 3.05) is 6.54 Å². The van der Waals surface area contributed by atoms with Crippen molar-refractivity contribution in [1.29, 1.82) is 0 Å². The summed E-state index contributed by atoms with van der Waals surface area (Å²) in [5.41, 5.74) is 6.92. The van der Waals surface area contributed by atoms with Crippen LogP contribution in [0.5, 0.6) is 0 Å². The maximum absolute atomic E-state index is 5.57. The van der Waals surface area contributed by atoms with Crippen LogP contribution in [0.4, 0.5) is 0 Å². The van der Waals surface area contributed by atoms with Gasteiger partial charge in [0.1, 0.15) is 0 Å². The first kappa shape index (κ1) is 9.26. The van der Waals surface area contributed by atoms with E-state index >= 15 is 0 Å². The van der Waals surface area contributed by atoms with Crippen molar-refractivity contribution >= 4 is 17.2 Å². The SMILES string of the molecule is CCC(N)=NCCc1ccsc1. The molecule has 0 aliphatic rings. The molecule has 0 bridgehead atoms. The van der Waals surface area contributed by atoms with Crippen molar-refractivity contribution in [2.45, 2.75) is 19.8 Å². The van der Waals surface area contributed by atoms with Crippen molar-refractivity contribution in [1.82, 2.24) is 0 Å². The van der Waals surface area contributed by atoms with Gasteiger partial charge in [-0.05, 0) is 28.8 Å². The van der Waals surface area contributed by atoms with Gasteiger partial charge in [-0.25, -0.2) is 0 Å². The summed E-state index contributed by atoms with van der Waals surface area (Å²) in [4.78, 5) is 4.22. The fraction of sp³-hybridized carbons (Fsp3) is 0.444. The van der Waals surface area contributed by atoms with Crippen LogP contribution < -0.4 is 5.73 Å². The van der Waals surface area contributed by atoms with Crippen LogP contribution in [0.25, 0.3) is 0 Å². The van der Waals surface area contributed by atoms with Gasteiger partial charge in [0, 0.05) is 13.0 Å². The second kappa shape index (κ2) is 4.93. The summed E-state index contributed by atoms with van der Waals surface area (Å²) in [6, 6.07) is 2.13. The Balaban J connectivity index is 2.28. The standard InChI is InChI=1S/C9H14N2S/c1-2-9(10)11-5-3-8-4-6-12-7-8/h4,6-7H,2-3,5H2,1H3,(H2,10,11). The van der Waals surface area contributed by atoms with Gasteiger partial charge in [0.15, 0.2) is 0 Å². The predicted molar refractivity (Wildman–Crippen MR) is 54.8 cm³/mol. The number of nitrogens with two attached hydrogens (primary N) is 1. The Bertz CT molecular complexity index is 239. The topological polar surface area (TPSA) is 38.4 Å². The lowest BCUT2D eigenvalue weighted by molar-refractivity contribution is 0.961. The fourth-order valence-electron chi connectivity index (χ4n) is 0.875. The molecule has 3 heteroatoms. The number of hydrogen-bond acceptors (Lipinski definition) is 2. The summed E-state index contributed by atoms with van der Waals surface area (Å²) in [5.74, 6) is 0.755. The highest BCUT2D eigenvalue weighted by Gasteiger charge is 1.91. The van der Waals surface area contributed by atoms with E-state index in [1.807, 2.05) is 6.92 Å². The van der Waals surface area contributed by atoms with E-state index in [2.05, 4.69) is 21.8 Å². The van der Waals surface area contributed by atoms with Crippen LogP contribution in [0.2, 0.25) is 0 Å². The minimum atomic E-state index is 0.755. The summed E-state index contributed by atoms with van der Waals surface area (Å²) in [5, 5.41) is 4.24. The number of thiophene rings is 1. The van der Waals surface area contributed by atoms with Gasteiger partial charge < -0.3 is 5.73 Å². The van der Waals surface area contributed by atoms with Crippen LogP contribution in [-0.4, -0.2) is 12.4 Å². The molecule has 0 aliphatic carbocycles. The van der Waals surface area contributed by atoms with Crippen LogP contribution in [0.3, 0.4) is 0 Å². The molecule has 1 heterocycles. The molecule has 1 aromatic rings. The summed E-state index contributed by atoms with van der Waals surface area (Å²) >= 11 is 1.72. The van der Waals surface area contributed by atoms with E-state index in [-0.39, 0.29) is 0 Å². The zero-order valence-electron chi connectivity index (χ0n) is 7.29. The van der Waals surface area contributed by atoms with Crippen LogP contribution in [0.15, 0.2) is 21.8 Å². The summed E-state index contributed by atoms with van der Waals surface area (Å²) in [6.45, 7) is 2.83. The molecule has 1 aromatic heterocycles. The molecule has 0 atom stereocenters. The third-order valence-electron chi connectivity index (χ3n) is 1.66. The highest BCUT2D eigenvalue weighted by atomic mass is 32.1. The summed E-state index contributed by atoms with van der Waals surface area (Å²) in [7, 11) is 0. The second-order valence-corrected chi connectivity index (χ2v) is 3.39. The minimum absolute atomic E-state index is 0.755. The van der Waals surface area contributed by atoms with Crippen LogP contribution in [-0.2, 0) is 6.42 Å². The molecular formula is C9H14N2S. The minimum Gasteiger partial charge on any atom is -0.387 e. The van der Waals surface area contributed by atoms with Gasteiger partial charge in [-0.1, -0.05) is 6.92 Å². The van der Waals surface area contributed by atoms with Gasteiger partial charge >= 0.3 is 0 Å². The Morgan fingerprint density at radius 3 is 3.08 bits per heavy atom. The Labute approximate surface area is 77.1 Å². The number of nitrogens with zero attached hydrogens (tertiary/aromatic N) is 1. The molecule has 0 saturated heterocycles. The molecule has 2 N–H and O–H groups in total. The monoisotopic (exact) mass is 182 g/mol. The molecule has 66 valence electrons. The summed E-state index contributed by atoms with van der Waals surface area (Å²) in [6.07, 6.45) is 1.85. The van der Waals surface area contributed by atoms with E-state index in [1.54, 1.807) is 11.3 Å². The quantitative estimate of drug-likeness (QED) is 0.561. The van der Waals surface area contributed by atoms with Crippen LogP contribution in [0, 0.1) is 0 Å². The Kier molecular flexibility index (Phi) is 3.80. The zero-order chi connectivity index (χ0) is 8.81. The van der Waals surface area contributed by atoms with Gasteiger partial charge in [0.2, 0.25) is 0 Å². The van der Waals surface area contributed by atoms with Crippen molar-refractivity contribution in [2.24, 2.45) is 10.7 Å². The van der Waals surface area contributed by atoms with E-state index in [9.17, 15) is 0 Å². The molecule has 0 saturated carbocycles. The molecule has 0 aromatic carbocycles. The molecule has 0 fully saturated rings. The molecule has 0 unspecified atom stereocenters. The first-order valence-electron chi connectivity index (χ1n) is 4.12. The summed E-state index contributed by atoms with van der Waals surface area (Å²) < 4.78 is 0. The maximum atomic E-state index is 5.57. The average molecular weight is 182 g/mol. The highest BCUT2D eigenvalue weighted by Crippen LogP contribution is 2.06. The van der Waals surface area contributed by atoms with Crippen molar-refractivity contribution < 1.29 is 0 Å². The Morgan fingerprint density at radius 2 is 2.50 bits per heavy atom. The van der Waals surface area contributed by atoms with Crippen molar-refractivity contribution in [3.05, 3.63) is 22.4 Å². The van der Waals surface area contributed by atoms with Gasteiger partial charge in [0.25, 0.3) is 0 Å². The number of amidine groups is 1. The zero-order valence-corrected chi connectivity index (χ0v) is 8.10. The number of hydrogen-bond donors (Lipinski definition) is 1. The predicted octanol–water partition coefficient (Wildman–Crippen LogP) is 2.06. The van der Waals surface area contributed by atoms with E-state index in [0.29, 0.717) is 0 Å². The number of aliphatic imine (C=N–C) groups is 1. The van der Waals surface area contributed by atoms with Gasteiger partial charge in [-0.3, -0.25) is 4.99 Å². The van der Waals surface area contributed by atoms with Crippen LogP contribution >= 0.6 is 11.3 Å². The van der Waals surface area contributed by atoms with E-state index in [1.165, 1.54) is 5.56 Å². The average Bonchev–Trinajstić information content (AvgIpc) is 2.57. The molecule has 2 nitrogen and oxygen atoms in total. The van der Waals surface area contributed by atoms with Crippen molar-refractivity contribution in [3.8, 4) is 0 Å². The molecule has 12 heavy (non-hydrogen) atoms. The lowest BCUT2D eigenvalue weighted by Gasteiger charge is -1.95. The highest BCUT2D eigenvalue weighted by molar-refractivity contribution is 7.07. The third kappa shape index (κ3) is 3.05. The van der Waals surface area contributed by atoms with Gasteiger partial charge in [-0.2, -0.15) is 11.3 Å². The van der Waals surface area contributed by atoms with E-state index in [4.69, 9.17) is 5.73 Å². The number of rotatable bonds is 4. The molecule has 0 aliphatic heterocycles. The molecule has 0 amide bonds. The van der Waals surface area contributed by atoms with E-state index < -0.39 is 0 Å². The lowest BCUT2D eigenvalue weighted by Crippen LogP contribution is -2.10. The normalized spacial score (nSPS) is 11.9. The Hall–Kier alpha value is -0.830. The third-order valence-corrected chi connectivity index (χ3v) is 2.39. The maximum Gasteiger partial charge on any atom is 0.0934 e. The first-order valence-corrected chi connectivity index (χ1v) is 5.07.